The predicted octanol–water partition coefficient (Wildman–Crippen LogP) is 2.15. The molecule has 124 valence electrons. The molecule has 24 heavy (non-hydrogen) atoms. The third-order valence-electron chi connectivity index (χ3n) is 3.03. The first-order valence-electron chi connectivity index (χ1n) is 7.27. The fraction of sp³-hybridized carbons (Fsp3) is 0.118. The van der Waals surface area contributed by atoms with E-state index < -0.39 is 6.09 Å². The number of nitrogens with two attached hydrogens (primary N) is 1. The number of amides is 1. The van der Waals surface area contributed by atoms with Crippen LogP contribution in [0.15, 0.2) is 65.8 Å². The topological polar surface area (TPSA) is 88.7 Å². The minimum Gasteiger partial charge on any atom is -0.443 e. The van der Waals surface area contributed by atoms with Crippen molar-refractivity contribution in [2.75, 3.05) is 6.61 Å². The van der Waals surface area contributed by atoms with Gasteiger partial charge in [-0.2, -0.15) is 5.10 Å². The smallest absolute Gasteiger partial charge is 0.407 e. The second kappa shape index (κ2) is 9.26. The highest BCUT2D eigenvalue weighted by Crippen LogP contribution is 2.02. The van der Waals surface area contributed by atoms with Crippen molar-refractivity contribution in [3.63, 3.8) is 0 Å². The molecule has 7 heteroatoms. The molecule has 2 rings (SSSR count). The van der Waals surface area contributed by atoms with Gasteiger partial charge >= 0.3 is 6.09 Å². The minimum absolute atomic E-state index is 0.0136. The lowest BCUT2D eigenvalue weighted by atomic mass is 10.1. The lowest BCUT2D eigenvalue weighted by Crippen LogP contribution is -2.29. The average molecular weight is 342 g/mol. The van der Waals surface area contributed by atoms with Crippen molar-refractivity contribution in [3.8, 4) is 0 Å². The number of hydrazone groups is 1. The van der Waals surface area contributed by atoms with Crippen LogP contribution in [-0.2, 0) is 11.3 Å². The summed E-state index contributed by atoms with van der Waals surface area (Å²) in [6.45, 7) is 0.378. The van der Waals surface area contributed by atoms with Crippen molar-refractivity contribution >= 4 is 29.1 Å². The molecule has 0 saturated carbocycles. The maximum Gasteiger partial charge on any atom is 0.407 e. The molecule has 4 N–H and O–H groups in total. The molecule has 0 aliphatic carbocycles. The van der Waals surface area contributed by atoms with Gasteiger partial charge in [-0.25, -0.2) is 4.79 Å². The molecule has 0 aliphatic rings. The minimum atomic E-state index is -0.530. The SMILES string of the molecule is NC(=S)N/N=C(\COC(=O)NCc1ccccc1)c1ccccc1. The molecule has 0 radical (unpaired) electrons. The molecule has 0 aromatic heterocycles. The van der Waals surface area contributed by atoms with Crippen LogP contribution in [0.1, 0.15) is 11.1 Å². The molecule has 0 fully saturated rings. The molecular formula is C17H18N4O2S. The monoisotopic (exact) mass is 342 g/mol. The zero-order chi connectivity index (χ0) is 17.2. The second-order valence-corrected chi connectivity index (χ2v) is 5.26. The molecule has 2 aromatic rings. The lowest BCUT2D eigenvalue weighted by Gasteiger charge is -2.10. The van der Waals surface area contributed by atoms with Gasteiger partial charge in [0.1, 0.15) is 12.3 Å². The summed E-state index contributed by atoms with van der Waals surface area (Å²) in [6, 6.07) is 18.9. The summed E-state index contributed by atoms with van der Waals surface area (Å²) in [7, 11) is 0. The summed E-state index contributed by atoms with van der Waals surface area (Å²) in [4.78, 5) is 11.8. The summed E-state index contributed by atoms with van der Waals surface area (Å²) < 4.78 is 5.21. The van der Waals surface area contributed by atoms with E-state index in [0.717, 1.165) is 11.1 Å². The average Bonchev–Trinajstić information content (AvgIpc) is 2.61. The second-order valence-electron chi connectivity index (χ2n) is 4.82. The Balaban J connectivity index is 1.91. The van der Waals surface area contributed by atoms with Crippen LogP contribution in [0.3, 0.4) is 0 Å². The Labute approximate surface area is 145 Å². The number of carbonyl (C=O) groups is 1. The Morgan fingerprint density at radius 1 is 1.08 bits per heavy atom. The number of nitrogens with one attached hydrogen (secondary N) is 2. The number of nitrogens with zero attached hydrogens (tertiary/aromatic N) is 1. The van der Waals surface area contributed by atoms with Crippen molar-refractivity contribution in [2.24, 2.45) is 10.8 Å². The van der Waals surface area contributed by atoms with Gasteiger partial charge < -0.3 is 15.8 Å². The van der Waals surface area contributed by atoms with E-state index in [1.807, 2.05) is 60.7 Å². The summed E-state index contributed by atoms with van der Waals surface area (Å²) in [5, 5.41) is 6.80. The predicted molar refractivity (Wildman–Crippen MR) is 97.5 cm³/mol. The molecule has 0 atom stereocenters. The molecular weight excluding hydrogens is 324 g/mol. The summed E-state index contributed by atoms with van der Waals surface area (Å²) in [5.41, 5.74) is 10.2. The van der Waals surface area contributed by atoms with Crippen LogP contribution in [0.25, 0.3) is 0 Å². The van der Waals surface area contributed by atoms with Gasteiger partial charge in [-0.05, 0) is 17.8 Å². The third-order valence-corrected chi connectivity index (χ3v) is 3.12. The first-order valence-corrected chi connectivity index (χ1v) is 7.68. The number of carbonyl (C=O) groups excluding carboxylic acids is 1. The van der Waals surface area contributed by atoms with E-state index in [9.17, 15) is 4.79 Å². The van der Waals surface area contributed by atoms with Gasteiger partial charge in [0, 0.05) is 12.1 Å². The van der Waals surface area contributed by atoms with Crippen LogP contribution in [0.4, 0.5) is 4.79 Å². The van der Waals surface area contributed by atoms with Crippen LogP contribution < -0.4 is 16.5 Å². The molecule has 0 unspecified atom stereocenters. The van der Waals surface area contributed by atoms with Crippen molar-refractivity contribution in [1.82, 2.24) is 10.7 Å². The standard InChI is InChI=1S/C17H18N4O2S/c18-16(24)21-20-15(14-9-5-2-6-10-14)12-23-17(22)19-11-13-7-3-1-4-8-13/h1-10H,11-12H2,(H,19,22)(H3,18,21,24)/b20-15+. The van der Waals surface area contributed by atoms with Crippen molar-refractivity contribution < 1.29 is 9.53 Å². The zero-order valence-electron chi connectivity index (χ0n) is 12.9. The Morgan fingerprint density at radius 2 is 1.71 bits per heavy atom. The maximum atomic E-state index is 11.8. The highest BCUT2D eigenvalue weighted by molar-refractivity contribution is 7.80. The number of hydrogen-bond acceptors (Lipinski definition) is 4. The van der Waals surface area contributed by atoms with Crippen molar-refractivity contribution in [3.05, 3.63) is 71.8 Å². The highest BCUT2D eigenvalue weighted by Gasteiger charge is 2.08. The van der Waals surface area contributed by atoms with Crippen LogP contribution in [0, 0.1) is 0 Å². The van der Waals surface area contributed by atoms with Gasteiger partial charge in [0.05, 0.1) is 0 Å². The molecule has 2 aromatic carbocycles. The molecule has 0 aliphatic heterocycles. The van der Waals surface area contributed by atoms with Crippen molar-refractivity contribution in [2.45, 2.75) is 6.54 Å². The number of hydrogen-bond donors (Lipinski definition) is 3. The van der Waals surface area contributed by atoms with Gasteiger partial charge in [-0.3, -0.25) is 5.43 Å². The Morgan fingerprint density at radius 3 is 2.33 bits per heavy atom. The van der Waals surface area contributed by atoms with E-state index in [4.69, 9.17) is 22.7 Å². The third kappa shape index (κ3) is 6.05. The number of rotatable bonds is 6. The number of ether oxygens (including phenoxy) is 1. The van der Waals surface area contributed by atoms with Gasteiger partial charge in [0.2, 0.25) is 0 Å². The van der Waals surface area contributed by atoms with E-state index in [-0.39, 0.29) is 11.7 Å². The first kappa shape index (κ1) is 17.4. The van der Waals surface area contributed by atoms with Crippen LogP contribution in [0.5, 0.6) is 0 Å². The summed E-state index contributed by atoms with van der Waals surface area (Å²) >= 11 is 4.73. The van der Waals surface area contributed by atoms with Crippen LogP contribution in [0.2, 0.25) is 0 Å². The Bertz CT molecular complexity index is 705. The van der Waals surface area contributed by atoms with E-state index in [1.54, 1.807) is 0 Å². The fourth-order valence-corrected chi connectivity index (χ4v) is 1.93. The number of thiocarbonyl (C=S) groups is 1. The highest BCUT2D eigenvalue weighted by atomic mass is 32.1. The largest absolute Gasteiger partial charge is 0.443 e. The van der Waals surface area contributed by atoms with Gasteiger partial charge in [-0.1, -0.05) is 60.7 Å². The van der Waals surface area contributed by atoms with Gasteiger partial charge in [0.25, 0.3) is 0 Å². The van der Waals surface area contributed by atoms with E-state index in [0.29, 0.717) is 12.3 Å². The van der Waals surface area contributed by atoms with E-state index in [2.05, 4.69) is 15.8 Å². The number of benzene rings is 2. The molecule has 0 heterocycles. The molecule has 0 saturated heterocycles. The summed E-state index contributed by atoms with van der Waals surface area (Å²) in [5.74, 6) is 0. The van der Waals surface area contributed by atoms with E-state index in [1.165, 1.54) is 0 Å². The maximum absolute atomic E-state index is 11.8. The van der Waals surface area contributed by atoms with Crippen LogP contribution in [-0.4, -0.2) is 23.5 Å². The zero-order valence-corrected chi connectivity index (χ0v) is 13.8. The normalized spacial score (nSPS) is 10.8. The number of alkyl carbamates (subject to hydrolysis) is 1. The van der Waals surface area contributed by atoms with Gasteiger partial charge in [-0.15, -0.1) is 0 Å². The van der Waals surface area contributed by atoms with Crippen LogP contribution >= 0.6 is 12.2 Å². The lowest BCUT2D eigenvalue weighted by molar-refractivity contribution is 0.161. The molecule has 1 amide bonds. The van der Waals surface area contributed by atoms with Gasteiger partial charge in [0.15, 0.2) is 5.11 Å². The van der Waals surface area contributed by atoms with Crippen molar-refractivity contribution in [1.29, 1.82) is 0 Å². The molecule has 6 nitrogen and oxygen atoms in total. The molecule has 0 bridgehead atoms. The Hall–Kier alpha value is -2.93. The quantitative estimate of drug-likeness (QED) is 0.425. The Kier molecular flexibility index (Phi) is 6.73. The first-order chi connectivity index (χ1) is 11.6. The summed E-state index contributed by atoms with van der Waals surface area (Å²) in [6.07, 6.45) is -0.530. The molecule has 0 spiro atoms. The fourth-order valence-electron chi connectivity index (χ4n) is 1.89. The van der Waals surface area contributed by atoms with E-state index >= 15 is 0 Å².